The summed E-state index contributed by atoms with van der Waals surface area (Å²) in [6.07, 6.45) is 2.07. The van der Waals surface area contributed by atoms with Crippen LogP contribution in [0.5, 0.6) is 0 Å². The Bertz CT molecular complexity index is 434. The van der Waals surface area contributed by atoms with Gasteiger partial charge in [0.15, 0.2) is 0 Å². The lowest BCUT2D eigenvalue weighted by Crippen LogP contribution is -2.39. The van der Waals surface area contributed by atoms with Gasteiger partial charge >= 0.3 is 0 Å². The zero-order valence-electron chi connectivity index (χ0n) is 10.8. The molecule has 0 bridgehead atoms. The predicted molar refractivity (Wildman–Crippen MR) is 77.3 cm³/mol. The lowest BCUT2D eigenvalue weighted by Gasteiger charge is -2.32. The van der Waals surface area contributed by atoms with Crippen molar-refractivity contribution in [3.63, 3.8) is 0 Å². The van der Waals surface area contributed by atoms with Gasteiger partial charge in [-0.25, -0.2) is 0 Å². The van der Waals surface area contributed by atoms with Crippen LogP contribution in [0, 0.1) is 0 Å². The topological polar surface area (TPSA) is 49.6 Å². The van der Waals surface area contributed by atoms with E-state index in [0.29, 0.717) is 6.54 Å². The summed E-state index contributed by atoms with van der Waals surface area (Å²) < 4.78 is 0. The number of halogens is 1. The van der Waals surface area contributed by atoms with Gasteiger partial charge < -0.3 is 15.5 Å². The summed E-state index contributed by atoms with van der Waals surface area (Å²) in [7, 11) is 3.57. The molecule has 100 valence electrons. The molecule has 0 spiro atoms. The van der Waals surface area contributed by atoms with Crippen molar-refractivity contribution >= 4 is 29.7 Å². The molecule has 0 radical (unpaired) electrons. The molecule has 1 aliphatic heterocycles. The Labute approximate surface area is 114 Å². The van der Waals surface area contributed by atoms with E-state index in [1.165, 1.54) is 5.56 Å². The highest BCUT2D eigenvalue weighted by molar-refractivity contribution is 5.85. The quantitative estimate of drug-likeness (QED) is 0.829. The van der Waals surface area contributed by atoms with E-state index in [9.17, 15) is 4.79 Å². The van der Waals surface area contributed by atoms with Gasteiger partial charge in [-0.1, -0.05) is 6.07 Å². The van der Waals surface area contributed by atoms with Crippen molar-refractivity contribution in [1.82, 2.24) is 4.90 Å². The largest absolute Gasteiger partial charge is 0.398 e. The minimum absolute atomic E-state index is 0. The van der Waals surface area contributed by atoms with Crippen LogP contribution in [0.15, 0.2) is 18.2 Å². The first-order valence-corrected chi connectivity index (χ1v) is 5.92. The number of nitrogens with zero attached hydrogens (tertiary/aromatic N) is 2. The van der Waals surface area contributed by atoms with Crippen molar-refractivity contribution in [2.75, 3.05) is 37.8 Å². The highest BCUT2D eigenvalue weighted by atomic mass is 35.5. The number of carbonyl (C=O) groups excluding carboxylic acids is 1. The predicted octanol–water partition coefficient (Wildman–Crippen LogP) is 1.53. The molecule has 2 rings (SSSR count). The average Bonchev–Trinajstić information content (AvgIpc) is 2.30. The Kier molecular flexibility index (Phi) is 4.84. The van der Waals surface area contributed by atoms with Gasteiger partial charge in [0.05, 0.1) is 6.54 Å². The molecule has 0 unspecified atom stereocenters. The molecule has 0 saturated carbocycles. The van der Waals surface area contributed by atoms with Crippen LogP contribution in [-0.4, -0.2) is 38.0 Å². The SMILES string of the molecule is CN(C)C(=O)CN1CCCc2c(N)cccc21.Cl. The van der Waals surface area contributed by atoms with Crippen LogP contribution in [0.3, 0.4) is 0 Å². The number of hydrogen-bond acceptors (Lipinski definition) is 3. The molecule has 0 aromatic heterocycles. The second-order valence-electron chi connectivity index (χ2n) is 4.66. The smallest absolute Gasteiger partial charge is 0.241 e. The summed E-state index contributed by atoms with van der Waals surface area (Å²) in [6, 6.07) is 5.93. The number of likely N-dealkylation sites (N-methyl/N-ethyl adjacent to an activating group) is 1. The number of fused-ring (bicyclic) bond motifs is 1. The maximum atomic E-state index is 11.8. The Hall–Kier alpha value is -1.42. The summed E-state index contributed by atoms with van der Waals surface area (Å²) in [6.45, 7) is 1.36. The first kappa shape index (κ1) is 14.6. The fourth-order valence-electron chi connectivity index (χ4n) is 2.20. The highest BCUT2D eigenvalue weighted by Gasteiger charge is 2.20. The number of amides is 1. The summed E-state index contributed by atoms with van der Waals surface area (Å²) >= 11 is 0. The third-order valence-electron chi connectivity index (χ3n) is 3.21. The van der Waals surface area contributed by atoms with Crippen LogP contribution in [-0.2, 0) is 11.2 Å². The lowest BCUT2D eigenvalue weighted by molar-refractivity contribution is -0.127. The van der Waals surface area contributed by atoms with E-state index < -0.39 is 0 Å². The van der Waals surface area contributed by atoms with E-state index in [2.05, 4.69) is 4.90 Å². The third-order valence-corrected chi connectivity index (χ3v) is 3.21. The zero-order chi connectivity index (χ0) is 12.4. The van der Waals surface area contributed by atoms with E-state index in [1.54, 1.807) is 19.0 Å². The molecule has 0 fully saturated rings. The second-order valence-corrected chi connectivity index (χ2v) is 4.66. The van der Waals surface area contributed by atoms with Gasteiger partial charge in [-0.2, -0.15) is 0 Å². The van der Waals surface area contributed by atoms with Crippen molar-refractivity contribution < 1.29 is 4.79 Å². The number of hydrogen-bond donors (Lipinski definition) is 1. The first-order valence-electron chi connectivity index (χ1n) is 5.92. The van der Waals surface area contributed by atoms with Crippen molar-refractivity contribution in [3.8, 4) is 0 Å². The highest BCUT2D eigenvalue weighted by Crippen LogP contribution is 2.30. The summed E-state index contributed by atoms with van der Waals surface area (Å²) in [4.78, 5) is 15.5. The van der Waals surface area contributed by atoms with Gasteiger partial charge in [0.1, 0.15) is 0 Å². The molecule has 18 heavy (non-hydrogen) atoms. The van der Waals surface area contributed by atoms with Crippen LogP contribution in [0.1, 0.15) is 12.0 Å². The van der Waals surface area contributed by atoms with E-state index >= 15 is 0 Å². The van der Waals surface area contributed by atoms with Crippen LogP contribution in [0.4, 0.5) is 11.4 Å². The van der Waals surface area contributed by atoms with Gasteiger partial charge in [-0.05, 0) is 30.5 Å². The maximum Gasteiger partial charge on any atom is 0.241 e. The molecule has 1 aromatic carbocycles. The molecule has 5 heteroatoms. The number of nitrogen functional groups attached to an aromatic ring is 1. The number of carbonyl (C=O) groups is 1. The average molecular weight is 270 g/mol. The van der Waals surface area contributed by atoms with Crippen molar-refractivity contribution in [3.05, 3.63) is 23.8 Å². The Balaban J connectivity index is 0.00000162. The van der Waals surface area contributed by atoms with Crippen LogP contribution in [0.2, 0.25) is 0 Å². The van der Waals surface area contributed by atoms with Crippen molar-refractivity contribution in [1.29, 1.82) is 0 Å². The van der Waals surface area contributed by atoms with E-state index in [1.807, 2.05) is 18.2 Å². The molecular formula is C13H20ClN3O. The molecular weight excluding hydrogens is 250 g/mol. The van der Waals surface area contributed by atoms with Crippen molar-refractivity contribution in [2.24, 2.45) is 0 Å². The van der Waals surface area contributed by atoms with Gasteiger partial charge in [0.2, 0.25) is 5.91 Å². The van der Waals surface area contributed by atoms with E-state index in [4.69, 9.17) is 5.73 Å². The molecule has 1 amide bonds. The van der Waals surface area contributed by atoms with Gasteiger partial charge in [0, 0.05) is 32.0 Å². The molecule has 0 atom stereocenters. The first-order chi connectivity index (χ1) is 8.09. The number of nitrogens with two attached hydrogens (primary N) is 1. The molecule has 4 nitrogen and oxygen atoms in total. The number of anilines is 2. The Morgan fingerprint density at radius 3 is 2.83 bits per heavy atom. The molecule has 1 heterocycles. The monoisotopic (exact) mass is 269 g/mol. The van der Waals surface area contributed by atoms with E-state index in [-0.39, 0.29) is 18.3 Å². The van der Waals surface area contributed by atoms with Gasteiger partial charge in [-0.15, -0.1) is 12.4 Å². The Morgan fingerprint density at radius 2 is 2.17 bits per heavy atom. The minimum Gasteiger partial charge on any atom is -0.398 e. The summed E-state index contributed by atoms with van der Waals surface area (Å²) in [5, 5.41) is 0. The van der Waals surface area contributed by atoms with Crippen LogP contribution >= 0.6 is 12.4 Å². The lowest BCUT2D eigenvalue weighted by atomic mass is 10.00. The van der Waals surface area contributed by atoms with E-state index in [0.717, 1.165) is 30.8 Å². The zero-order valence-corrected chi connectivity index (χ0v) is 11.7. The van der Waals surface area contributed by atoms with Crippen molar-refractivity contribution in [2.45, 2.75) is 12.8 Å². The maximum absolute atomic E-state index is 11.8. The third kappa shape index (κ3) is 2.88. The fraction of sp³-hybridized carbons (Fsp3) is 0.462. The normalized spacial score (nSPS) is 13.6. The molecule has 0 aliphatic carbocycles. The summed E-state index contributed by atoms with van der Waals surface area (Å²) in [5.41, 5.74) is 9.11. The minimum atomic E-state index is 0. The number of benzene rings is 1. The second kappa shape index (κ2) is 5.96. The molecule has 1 aliphatic rings. The van der Waals surface area contributed by atoms with Crippen LogP contribution < -0.4 is 10.6 Å². The standard InChI is InChI=1S/C13H19N3O.ClH/c1-15(2)13(17)9-16-8-4-5-10-11(14)6-3-7-12(10)16;/h3,6-7H,4-5,8-9,14H2,1-2H3;1H. The summed E-state index contributed by atoms with van der Waals surface area (Å²) in [5.74, 6) is 0.125. The fourth-order valence-corrected chi connectivity index (χ4v) is 2.20. The van der Waals surface area contributed by atoms with Gasteiger partial charge in [-0.3, -0.25) is 4.79 Å². The molecule has 2 N–H and O–H groups in total. The van der Waals surface area contributed by atoms with Gasteiger partial charge in [0.25, 0.3) is 0 Å². The van der Waals surface area contributed by atoms with Crippen LogP contribution in [0.25, 0.3) is 0 Å². The number of rotatable bonds is 2. The molecule has 1 aromatic rings. The Morgan fingerprint density at radius 1 is 1.44 bits per heavy atom. The molecule has 0 saturated heterocycles.